The first-order valence-electron chi connectivity index (χ1n) is 9.00. The second kappa shape index (κ2) is 8.57. The van der Waals surface area contributed by atoms with Gasteiger partial charge in [-0.2, -0.15) is 5.10 Å². The number of carbonyl (C=O) groups is 1. The molecule has 0 spiro atoms. The number of nitrogens with zero attached hydrogens (tertiary/aromatic N) is 5. The third-order valence-electron chi connectivity index (χ3n) is 4.32. The Bertz CT molecular complexity index is 1250. The first-order valence-corrected chi connectivity index (χ1v) is 9.81. The third kappa shape index (κ3) is 4.27. The van der Waals surface area contributed by atoms with Gasteiger partial charge in [0.05, 0.1) is 28.9 Å². The Morgan fingerprint density at radius 2 is 2.23 bits per heavy atom. The minimum absolute atomic E-state index is 0.0695. The summed E-state index contributed by atoms with van der Waals surface area (Å²) in [5, 5.41) is 9.06. The highest BCUT2D eigenvalue weighted by Crippen LogP contribution is 2.31. The zero-order valence-corrected chi connectivity index (χ0v) is 17.0. The Morgan fingerprint density at radius 1 is 1.39 bits per heavy atom. The summed E-state index contributed by atoms with van der Waals surface area (Å²) in [5.41, 5.74) is 3.17. The van der Waals surface area contributed by atoms with Crippen molar-refractivity contribution >= 4 is 34.4 Å². The fraction of sp³-hybridized carbons (Fsp3) is 0.167. The molecule has 13 heteroatoms. The fourth-order valence-electron chi connectivity index (χ4n) is 2.89. The molecule has 0 aliphatic carbocycles. The fourth-order valence-corrected chi connectivity index (χ4v) is 3.76. The number of thiophene rings is 1. The highest BCUT2D eigenvalue weighted by Gasteiger charge is 2.18. The topological polar surface area (TPSA) is 138 Å². The van der Waals surface area contributed by atoms with Gasteiger partial charge in [-0.15, -0.1) is 11.3 Å². The Labute approximate surface area is 178 Å². The van der Waals surface area contributed by atoms with Crippen molar-refractivity contribution in [3.63, 3.8) is 0 Å². The van der Waals surface area contributed by atoms with E-state index in [1.54, 1.807) is 28.1 Å². The Hall–Kier alpha value is -3.71. The Kier molecular flexibility index (Phi) is 5.68. The minimum atomic E-state index is -2.93. The van der Waals surface area contributed by atoms with Gasteiger partial charge in [0.25, 0.3) is 12.3 Å². The van der Waals surface area contributed by atoms with E-state index in [1.807, 2.05) is 24.5 Å². The van der Waals surface area contributed by atoms with Crippen LogP contribution in [0.5, 0.6) is 0 Å². The lowest BCUT2D eigenvalue weighted by molar-refractivity contribution is 0.0949. The first-order chi connectivity index (χ1) is 15.0. The molecular formula is C18H17F2N9OS. The largest absolute Gasteiger partial charge is 0.345 e. The summed E-state index contributed by atoms with van der Waals surface area (Å²) in [6.07, 6.45) is 1.59. The van der Waals surface area contributed by atoms with Crippen molar-refractivity contribution in [1.29, 1.82) is 0 Å². The number of imidazole rings is 1. The molecule has 0 radical (unpaired) electrons. The van der Waals surface area contributed by atoms with Gasteiger partial charge in [0, 0.05) is 11.1 Å². The van der Waals surface area contributed by atoms with Crippen molar-refractivity contribution in [2.45, 2.75) is 19.9 Å². The predicted octanol–water partition coefficient (Wildman–Crippen LogP) is 2.18. The number of carbonyl (C=O) groups excluding carboxylic acids is 1. The quantitative estimate of drug-likeness (QED) is 0.155. The second-order valence-corrected chi connectivity index (χ2v) is 7.71. The normalized spacial score (nSPS) is 12.0. The highest BCUT2D eigenvalue weighted by atomic mass is 32.1. The second-order valence-electron chi connectivity index (χ2n) is 6.42. The lowest BCUT2D eigenvalue weighted by Crippen LogP contribution is -2.35. The number of hydrogen-bond acceptors (Lipinski definition) is 7. The number of rotatable bonds is 6. The molecule has 0 aromatic carbocycles. The van der Waals surface area contributed by atoms with E-state index in [0.717, 1.165) is 9.75 Å². The van der Waals surface area contributed by atoms with Crippen LogP contribution >= 0.6 is 11.3 Å². The number of amides is 1. The number of H-pyrrole nitrogens is 1. The van der Waals surface area contributed by atoms with E-state index in [0.29, 0.717) is 17.2 Å². The van der Waals surface area contributed by atoms with Crippen LogP contribution in [0.2, 0.25) is 0 Å². The van der Waals surface area contributed by atoms with Gasteiger partial charge in [0.2, 0.25) is 0 Å². The summed E-state index contributed by atoms with van der Waals surface area (Å²) in [4.78, 5) is 26.9. The number of amidine groups is 1. The van der Waals surface area contributed by atoms with E-state index in [-0.39, 0.29) is 17.8 Å². The molecule has 0 saturated heterocycles. The summed E-state index contributed by atoms with van der Waals surface area (Å²) < 4.78 is 28.0. The molecule has 0 fully saturated rings. The van der Waals surface area contributed by atoms with Gasteiger partial charge in [-0.3, -0.25) is 14.3 Å². The number of aryl methyl sites for hydroxylation is 1. The predicted molar refractivity (Wildman–Crippen MR) is 111 cm³/mol. The maximum absolute atomic E-state index is 13.2. The molecular weight excluding hydrogens is 428 g/mol. The SMILES string of the molecule is Cc1ccc(-c2cnc3c(N=C(NN)C(F)F)cc(C(=O)NCc4ncn[nH]4)cn23)s1. The van der Waals surface area contributed by atoms with Crippen molar-refractivity contribution in [2.24, 2.45) is 10.8 Å². The van der Waals surface area contributed by atoms with Gasteiger partial charge in [-0.25, -0.2) is 29.6 Å². The van der Waals surface area contributed by atoms with Gasteiger partial charge < -0.3 is 10.7 Å². The van der Waals surface area contributed by atoms with E-state index in [9.17, 15) is 13.6 Å². The number of fused-ring (bicyclic) bond motifs is 1. The van der Waals surface area contributed by atoms with Crippen LogP contribution in [0.3, 0.4) is 0 Å². The number of aliphatic imine (C=N–C) groups is 1. The molecule has 0 unspecified atom stereocenters. The number of hydrazine groups is 1. The molecule has 0 bridgehead atoms. The summed E-state index contributed by atoms with van der Waals surface area (Å²) in [5.74, 6) is 4.47. The minimum Gasteiger partial charge on any atom is -0.345 e. The maximum atomic E-state index is 13.2. The van der Waals surface area contributed by atoms with E-state index >= 15 is 0 Å². The average Bonchev–Trinajstić information content (AvgIpc) is 3.50. The molecule has 5 N–H and O–H groups in total. The standard InChI is InChI=1S/C18H17F2N9OS/c1-9-2-3-13(31-9)12-5-22-17-11(26-16(27-21)15(19)20)4-10(7-29(12)17)18(30)23-6-14-24-8-25-28-14/h2-5,7-8,15H,6,21H2,1H3,(H,23,30)(H,26,27)(H,24,25,28). The monoisotopic (exact) mass is 445 g/mol. The molecule has 31 heavy (non-hydrogen) atoms. The van der Waals surface area contributed by atoms with Crippen LogP contribution in [0.1, 0.15) is 21.1 Å². The van der Waals surface area contributed by atoms with Crippen LogP contribution in [0.4, 0.5) is 14.5 Å². The van der Waals surface area contributed by atoms with Crippen LogP contribution in [0.15, 0.2) is 41.9 Å². The summed E-state index contributed by atoms with van der Waals surface area (Å²) >= 11 is 1.54. The lowest BCUT2D eigenvalue weighted by Gasteiger charge is -2.09. The van der Waals surface area contributed by atoms with Crippen LogP contribution in [0, 0.1) is 6.92 Å². The number of nitrogens with two attached hydrogens (primary N) is 1. The molecule has 0 saturated carbocycles. The Balaban J connectivity index is 1.80. The van der Waals surface area contributed by atoms with Gasteiger partial charge in [-0.05, 0) is 25.1 Å². The smallest absolute Gasteiger partial charge is 0.296 e. The van der Waals surface area contributed by atoms with Crippen LogP contribution in [-0.2, 0) is 6.54 Å². The highest BCUT2D eigenvalue weighted by molar-refractivity contribution is 7.15. The molecule has 4 aromatic heterocycles. The van der Waals surface area contributed by atoms with Crippen molar-refractivity contribution < 1.29 is 13.6 Å². The van der Waals surface area contributed by atoms with Gasteiger partial charge in [0.1, 0.15) is 17.8 Å². The van der Waals surface area contributed by atoms with Gasteiger partial charge in [0.15, 0.2) is 11.5 Å². The lowest BCUT2D eigenvalue weighted by atomic mass is 10.2. The molecule has 160 valence electrons. The van der Waals surface area contributed by atoms with Crippen LogP contribution in [0.25, 0.3) is 16.2 Å². The Morgan fingerprint density at radius 3 is 2.87 bits per heavy atom. The molecule has 1 amide bonds. The molecule has 4 aromatic rings. The van der Waals surface area contributed by atoms with E-state index in [1.165, 1.54) is 12.4 Å². The van der Waals surface area contributed by atoms with Crippen LogP contribution in [-0.4, -0.2) is 42.7 Å². The first kappa shape index (κ1) is 20.6. The summed E-state index contributed by atoms with van der Waals surface area (Å²) in [7, 11) is 0. The maximum Gasteiger partial charge on any atom is 0.296 e. The third-order valence-corrected chi connectivity index (χ3v) is 5.34. The number of nitrogens with one attached hydrogen (secondary N) is 3. The molecule has 0 aliphatic heterocycles. The number of pyridine rings is 1. The number of aromatic amines is 1. The molecule has 4 rings (SSSR count). The zero-order valence-electron chi connectivity index (χ0n) is 16.1. The molecule has 4 heterocycles. The van der Waals surface area contributed by atoms with Crippen molar-refractivity contribution in [1.82, 2.24) is 35.3 Å². The van der Waals surface area contributed by atoms with Crippen molar-refractivity contribution in [3.05, 3.63) is 53.2 Å². The number of alkyl halides is 2. The number of aromatic nitrogens is 5. The average molecular weight is 445 g/mol. The summed E-state index contributed by atoms with van der Waals surface area (Å²) in [6, 6.07) is 5.26. The number of hydrogen-bond donors (Lipinski definition) is 4. The van der Waals surface area contributed by atoms with E-state index in [4.69, 9.17) is 5.84 Å². The number of halogens is 2. The van der Waals surface area contributed by atoms with Gasteiger partial charge in [-0.1, -0.05) is 0 Å². The molecule has 0 aliphatic rings. The zero-order chi connectivity index (χ0) is 22.0. The van der Waals surface area contributed by atoms with Crippen LogP contribution < -0.4 is 16.6 Å². The van der Waals surface area contributed by atoms with E-state index < -0.39 is 18.2 Å². The molecule has 10 nitrogen and oxygen atoms in total. The van der Waals surface area contributed by atoms with Crippen molar-refractivity contribution in [2.75, 3.05) is 0 Å². The summed E-state index contributed by atoms with van der Waals surface area (Å²) in [6.45, 7) is 2.08. The van der Waals surface area contributed by atoms with Gasteiger partial charge >= 0.3 is 0 Å². The van der Waals surface area contributed by atoms with Crippen molar-refractivity contribution in [3.8, 4) is 10.6 Å². The van der Waals surface area contributed by atoms with E-state index in [2.05, 4.69) is 30.5 Å². The molecule has 0 atom stereocenters.